The molecule has 6 nitrogen and oxygen atoms in total. The molecule has 0 fully saturated rings. The van der Waals surface area contributed by atoms with Crippen LogP contribution >= 0.6 is 0 Å². The number of alkyl halides is 3. The lowest BCUT2D eigenvalue weighted by molar-refractivity contribution is -0.141. The number of nitrogens with zero attached hydrogens (tertiary/aromatic N) is 3. The van der Waals surface area contributed by atoms with Gasteiger partial charge in [0.2, 0.25) is 5.62 Å². The Morgan fingerprint density at radius 1 is 1.14 bits per heavy atom. The second kappa shape index (κ2) is 6.87. The molecule has 1 aromatic carbocycles. The molecule has 0 spiro atoms. The number of anilines is 1. The Kier molecular flexibility index (Phi) is 4.72. The molecule has 3 rings (SSSR count). The predicted octanol–water partition coefficient (Wildman–Crippen LogP) is 3.60. The van der Waals surface area contributed by atoms with Crippen molar-refractivity contribution in [3.63, 3.8) is 0 Å². The molecule has 3 aromatic rings. The van der Waals surface area contributed by atoms with E-state index < -0.39 is 23.3 Å². The van der Waals surface area contributed by atoms with Gasteiger partial charge in [-0.15, -0.1) is 0 Å². The van der Waals surface area contributed by atoms with Crippen LogP contribution in [0.4, 0.5) is 23.4 Å². The van der Waals surface area contributed by atoms with Crippen molar-refractivity contribution in [2.45, 2.75) is 13.1 Å². The first-order chi connectivity index (χ1) is 13.1. The number of rotatable bonds is 3. The van der Waals surface area contributed by atoms with Crippen LogP contribution < -0.4 is 11.4 Å². The Morgan fingerprint density at radius 3 is 2.43 bits per heavy atom. The molecule has 0 aliphatic rings. The number of halogens is 4. The number of hydrogen-bond donors (Lipinski definition) is 3. The molecule has 2 heterocycles. The van der Waals surface area contributed by atoms with E-state index in [4.69, 9.17) is 16.6 Å². The van der Waals surface area contributed by atoms with Gasteiger partial charge >= 0.3 is 6.18 Å². The third-order valence-electron chi connectivity index (χ3n) is 3.99. The molecular weight excluding hydrogens is 376 g/mol. The number of hydrogen-bond acceptors (Lipinski definition) is 5. The number of aryl methyl sites for hydroxylation is 1. The van der Waals surface area contributed by atoms with Gasteiger partial charge in [0.05, 0.1) is 12.0 Å². The van der Waals surface area contributed by atoms with E-state index >= 15 is 0 Å². The van der Waals surface area contributed by atoms with E-state index in [1.807, 2.05) is 0 Å². The van der Waals surface area contributed by atoms with E-state index in [0.29, 0.717) is 6.34 Å². The summed E-state index contributed by atoms with van der Waals surface area (Å²) in [5.41, 5.74) is 4.36. The third-order valence-corrected chi connectivity index (χ3v) is 3.99. The molecular formula is C18H14F4N6. The molecule has 0 aliphatic heterocycles. The standard InChI is InChI=1S/C18H14F4N6/c1-9-6-10(7-13(26-9)18(20,21)22)14-15(11-4-2-3-5-12(11)19)27-17(25)28(8-23)16(14)24/h2-8,23,25H,24H2,1H3. The molecule has 2 aromatic heterocycles. The Bertz CT molecular complexity index is 1130. The molecule has 0 bridgehead atoms. The van der Waals surface area contributed by atoms with Crippen molar-refractivity contribution in [2.75, 3.05) is 5.73 Å². The number of aromatic nitrogens is 3. The summed E-state index contributed by atoms with van der Waals surface area (Å²) in [4.78, 5) is 7.48. The van der Waals surface area contributed by atoms with Crippen LogP contribution in [0.2, 0.25) is 0 Å². The molecule has 28 heavy (non-hydrogen) atoms. The number of nitrogen functional groups attached to an aromatic ring is 1. The van der Waals surface area contributed by atoms with Crippen molar-refractivity contribution in [2.24, 2.45) is 0 Å². The summed E-state index contributed by atoms with van der Waals surface area (Å²) in [5, 5.41) is 15.3. The molecule has 144 valence electrons. The minimum Gasteiger partial charge on any atom is -0.384 e. The average Bonchev–Trinajstić information content (AvgIpc) is 2.60. The highest BCUT2D eigenvalue weighted by Crippen LogP contribution is 2.37. The zero-order valence-corrected chi connectivity index (χ0v) is 14.5. The summed E-state index contributed by atoms with van der Waals surface area (Å²) in [7, 11) is 0. The second-order valence-electron chi connectivity index (χ2n) is 5.90. The first-order valence-corrected chi connectivity index (χ1v) is 7.92. The highest BCUT2D eigenvalue weighted by molar-refractivity contribution is 5.89. The van der Waals surface area contributed by atoms with E-state index in [9.17, 15) is 17.6 Å². The number of nitrogens with two attached hydrogens (primary N) is 1. The summed E-state index contributed by atoms with van der Waals surface area (Å²) < 4.78 is 54.9. The van der Waals surface area contributed by atoms with Gasteiger partial charge in [-0.2, -0.15) is 13.2 Å². The van der Waals surface area contributed by atoms with Crippen LogP contribution in [0.25, 0.3) is 22.4 Å². The van der Waals surface area contributed by atoms with Crippen molar-refractivity contribution in [3.8, 4) is 22.4 Å². The van der Waals surface area contributed by atoms with Crippen LogP contribution in [0, 0.1) is 23.6 Å². The summed E-state index contributed by atoms with van der Waals surface area (Å²) >= 11 is 0. The largest absolute Gasteiger partial charge is 0.433 e. The lowest BCUT2D eigenvalue weighted by Gasteiger charge is -2.17. The first-order valence-electron chi connectivity index (χ1n) is 7.92. The summed E-state index contributed by atoms with van der Waals surface area (Å²) in [6.07, 6.45) is -3.99. The first kappa shape index (κ1) is 19.2. The van der Waals surface area contributed by atoms with Crippen molar-refractivity contribution in [3.05, 3.63) is 59.2 Å². The fraction of sp³-hybridized carbons (Fsp3) is 0.111. The molecule has 0 atom stereocenters. The maximum atomic E-state index is 14.4. The summed E-state index contributed by atoms with van der Waals surface area (Å²) in [6, 6.07) is 7.65. The third kappa shape index (κ3) is 3.36. The van der Waals surface area contributed by atoms with Crippen LogP contribution in [0.15, 0.2) is 36.4 Å². The number of benzene rings is 1. The minimum absolute atomic E-state index is 0.00122. The molecule has 0 unspecified atom stereocenters. The predicted molar refractivity (Wildman–Crippen MR) is 95.0 cm³/mol. The fourth-order valence-electron chi connectivity index (χ4n) is 2.79. The Balaban J connectivity index is 2.44. The molecule has 4 N–H and O–H groups in total. The summed E-state index contributed by atoms with van der Waals surface area (Å²) in [6.45, 7) is 1.38. The Hall–Kier alpha value is -3.56. The van der Waals surface area contributed by atoms with Crippen molar-refractivity contribution < 1.29 is 17.6 Å². The van der Waals surface area contributed by atoms with E-state index in [1.54, 1.807) is 0 Å². The lowest BCUT2D eigenvalue weighted by atomic mass is 9.98. The van der Waals surface area contributed by atoms with Gasteiger partial charge in [-0.25, -0.2) is 14.4 Å². The van der Waals surface area contributed by atoms with Crippen LogP contribution in [-0.2, 0) is 6.18 Å². The minimum atomic E-state index is -4.70. The second-order valence-corrected chi connectivity index (χ2v) is 5.90. The zero-order valence-electron chi connectivity index (χ0n) is 14.5. The van der Waals surface area contributed by atoms with Crippen LogP contribution in [0.1, 0.15) is 11.4 Å². The topological polar surface area (TPSA) is 104 Å². The smallest absolute Gasteiger partial charge is 0.384 e. The Morgan fingerprint density at radius 2 is 1.82 bits per heavy atom. The number of nitrogens with one attached hydrogen (secondary N) is 2. The van der Waals surface area contributed by atoms with Crippen molar-refractivity contribution in [1.82, 2.24) is 14.5 Å². The maximum Gasteiger partial charge on any atom is 0.433 e. The maximum absolute atomic E-state index is 14.4. The van der Waals surface area contributed by atoms with Crippen LogP contribution in [0.5, 0.6) is 0 Å². The van der Waals surface area contributed by atoms with Gasteiger partial charge in [-0.05, 0) is 36.8 Å². The van der Waals surface area contributed by atoms with E-state index in [-0.39, 0.29) is 33.9 Å². The van der Waals surface area contributed by atoms with E-state index in [0.717, 1.165) is 16.7 Å². The van der Waals surface area contributed by atoms with Gasteiger partial charge in [0.1, 0.15) is 17.3 Å². The quantitative estimate of drug-likeness (QED) is 0.362. The SMILES string of the molecule is Cc1cc(-c2c(-c3ccccc3F)nc(=N)n(C=N)c2N)cc(C(F)(F)F)n1. The van der Waals surface area contributed by atoms with Gasteiger partial charge < -0.3 is 5.73 Å². The molecule has 10 heteroatoms. The van der Waals surface area contributed by atoms with Crippen molar-refractivity contribution in [1.29, 1.82) is 10.8 Å². The van der Waals surface area contributed by atoms with Gasteiger partial charge in [-0.3, -0.25) is 15.4 Å². The molecule has 0 aliphatic carbocycles. The Labute approximate surface area is 156 Å². The van der Waals surface area contributed by atoms with Crippen LogP contribution in [0.3, 0.4) is 0 Å². The summed E-state index contributed by atoms with van der Waals surface area (Å²) in [5.74, 6) is -0.892. The molecule has 0 saturated carbocycles. The van der Waals surface area contributed by atoms with Gasteiger partial charge in [0, 0.05) is 16.8 Å². The molecule has 0 saturated heterocycles. The molecule has 0 radical (unpaired) electrons. The lowest BCUT2D eigenvalue weighted by Crippen LogP contribution is -2.27. The normalized spacial score (nSPS) is 11.5. The monoisotopic (exact) mass is 390 g/mol. The average molecular weight is 390 g/mol. The van der Waals surface area contributed by atoms with Gasteiger partial charge in [0.25, 0.3) is 0 Å². The van der Waals surface area contributed by atoms with E-state index in [1.165, 1.54) is 31.2 Å². The fourth-order valence-corrected chi connectivity index (χ4v) is 2.79. The highest BCUT2D eigenvalue weighted by Gasteiger charge is 2.33. The number of pyridine rings is 1. The van der Waals surface area contributed by atoms with Crippen LogP contribution in [-0.4, -0.2) is 20.9 Å². The molecule has 0 amide bonds. The highest BCUT2D eigenvalue weighted by atomic mass is 19.4. The van der Waals surface area contributed by atoms with Crippen molar-refractivity contribution >= 4 is 12.2 Å². The van der Waals surface area contributed by atoms with Gasteiger partial charge in [-0.1, -0.05) is 12.1 Å². The zero-order chi connectivity index (χ0) is 20.6. The van der Waals surface area contributed by atoms with Gasteiger partial charge in [0.15, 0.2) is 0 Å². The van der Waals surface area contributed by atoms with E-state index in [2.05, 4.69) is 9.97 Å².